The average molecular weight is 385 g/mol. The SMILES string of the molecule is CCOC(=O)N1CCC2(CC(N3C[C@@H]4[C@H](C3)[C@H]4OC(C)c3ccccc3)C2)C1. The van der Waals surface area contributed by atoms with E-state index in [4.69, 9.17) is 9.47 Å². The molecule has 2 saturated carbocycles. The third-order valence-electron chi connectivity index (χ3n) is 7.59. The molecule has 4 fully saturated rings. The number of fused-ring (bicyclic) bond motifs is 1. The first-order chi connectivity index (χ1) is 13.6. The normalized spacial score (nSPS) is 37.6. The van der Waals surface area contributed by atoms with Crippen LogP contribution in [0.4, 0.5) is 4.79 Å². The Morgan fingerprint density at radius 2 is 1.93 bits per heavy atom. The average Bonchev–Trinajstić information content (AvgIpc) is 3.08. The number of hydrogen-bond donors (Lipinski definition) is 0. The molecule has 28 heavy (non-hydrogen) atoms. The van der Waals surface area contributed by atoms with Crippen LogP contribution in [0.25, 0.3) is 0 Å². The summed E-state index contributed by atoms with van der Waals surface area (Å²) < 4.78 is 11.5. The fourth-order valence-electron chi connectivity index (χ4n) is 5.88. The number of amides is 1. The molecule has 2 aliphatic carbocycles. The summed E-state index contributed by atoms with van der Waals surface area (Å²) in [5.74, 6) is 1.45. The number of carbonyl (C=O) groups excluding carboxylic acids is 1. The third-order valence-corrected chi connectivity index (χ3v) is 7.59. The van der Waals surface area contributed by atoms with Crippen LogP contribution in [-0.2, 0) is 9.47 Å². The summed E-state index contributed by atoms with van der Waals surface area (Å²) in [6, 6.07) is 11.3. The first-order valence-electron chi connectivity index (χ1n) is 10.9. The Labute approximate surface area is 168 Å². The van der Waals surface area contributed by atoms with Crippen molar-refractivity contribution in [2.24, 2.45) is 17.3 Å². The first-order valence-corrected chi connectivity index (χ1v) is 10.9. The molecule has 4 atom stereocenters. The molecule has 0 N–H and O–H groups in total. The molecule has 0 aromatic heterocycles. The number of nitrogens with zero attached hydrogens (tertiary/aromatic N) is 2. The second kappa shape index (κ2) is 7.03. The van der Waals surface area contributed by atoms with Crippen LogP contribution in [0.1, 0.15) is 44.8 Å². The van der Waals surface area contributed by atoms with Crippen LogP contribution in [0.2, 0.25) is 0 Å². The number of rotatable bonds is 5. The number of ether oxygens (including phenoxy) is 2. The molecule has 4 aliphatic rings. The predicted molar refractivity (Wildman–Crippen MR) is 107 cm³/mol. The second-order valence-electron chi connectivity index (χ2n) is 9.37. The van der Waals surface area contributed by atoms with E-state index in [2.05, 4.69) is 42.2 Å². The van der Waals surface area contributed by atoms with Crippen molar-refractivity contribution in [2.45, 2.75) is 51.4 Å². The molecule has 2 saturated heterocycles. The van der Waals surface area contributed by atoms with Gasteiger partial charge in [0, 0.05) is 44.1 Å². The molecular formula is C23H32N2O3. The Bertz CT molecular complexity index is 706. The van der Waals surface area contributed by atoms with Gasteiger partial charge in [0.1, 0.15) is 0 Å². The van der Waals surface area contributed by atoms with Crippen molar-refractivity contribution in [1.29, 1.82) is 0 Å². The Balaban J connectivity index is 1.07. The van der Waals surface area contributed by atoms with Gasteiger partial charge in [-0.1, -0.05) is 30.3 Å². The Hall–Kier alpha value is -1.59. The van der Waals surface area contributed by atoms with Crippen LogP contribution in [0.5, 0.6) is 0 Å². The quantitative estimate of drug-likeness (QED) is 0.776. The predicted octanol–water partition coefficient (Wildman–Crippen LogP) is 3.71. The summed E-state index contributed by atoms with van der Waals surface area (Å²) in [5.41, 5.74) is 1.64. The molecule has 2 heterocycles. The monoisotopic (exact) mass is 384 g/mol. The lowest BCUT2D eigenvalue weighted by atomic mass is 9.64. The number of hydrogen-bond acceptors (Lipinski definition) is 4. The fourth-order valence-corrected chi connectivity index (χ4v) is 5.88. The van der Waals surface area contributed by atoms with E-state index in [0.29, 0.717) is 24.2 Å². The minimum absolute atomic E-state index is 0.127. The van der Waals surface area contributed by atoms with Gasteiger partial charge in [-0.25, -0.2) is 4.79 Å². The molecule has 1 amide bonds. The molecule has 5 heteroatoms. The van der Waals surface area contributed by atoms with Crippen LogP contribution in [-0.4, -0.2) is 60.8 Å². The van der Waals surface area contributed by atoms with Gasteiger partial charge in [-0.15, -0.1) is 0 Å². The van der Waals surface area contributed by atoms with Crippen LogP contribution in [0.15, 0.2) is 30.3 Å². The molecular weight excluding hydrogens is 352 g/mol. The van der Waals surface area contributed by atoms with Crippen molar-refractivity contribution < 1.29 is 14.3 Å². The van der Waals surface area contributed by atoms with E-state index in [9.17, 15) is 4.79 Å². The minimum Gasteiger partial charge on any atom is -0.450 e. The van der Waals surface area contributed by atoms with Crippen molar-refractivity contribution in [3.05, 3.63) is 35.9 Å². The Morgan fingerprint density at radius 3 is 2.61 bits per heavy atom. The lowest BCUT2D eigenvalue weighted by Gasteiger charge is -2.49. The van der Waals surface area contributed by atoms with E-state index in [1.165, 1.54) is 31.5 Å². The number of likely N-dealkylation sites (tertiary alicyclic amines) is 2. The van der Waals surface area contributed by atoms with E-state index in [-0.39, 0.29) is 12.2 Å². The molecule has 1 aromatic carbocycles. The van der Waals surface area contributed by atoms with Crippen molar-refractivity contribution >= 4 is 6.09 Å². The summed E-state index contributed by atoms with van der Waals surface area (Å²) >= 11 is 0. The van der Waals surface area contributed by atoms with Gasteiger partial charge in [-0.05, 0) is 44.1 Å². The smallest absolute Gasteiger partial charge is 0.409 e. The lowest BCUT2D eigenvalue weighted by Crippen LogP contribution is -2.52. The highest BCUT2D eigenvalue weighted by atomic mass is 16.6. The summed E-state index contributed by atoms with van der Waals surface area (Å²) in [6.45, 7) is 8.66. The van der Waals surface area contributed by atoms with E-state index in [1.54, 1.807) is 0 Å². The van der Waals surface area contributed by atoms with Gasteiger partial charge in [-0.3, -0.25) is 4.90 Å². The van der Waals surface area contributed by atoms with Gasteiger partial charge in [0.2, 0.25) is 0 Å². The number of carbonyl (C=O) groups is 1. The molecule has 1 aromatic rings. The molecule has 5 nitrogen and oxygen atoms in total. The van der Waals surface area contributed by atoms with Gasteiger partial charge >= 0.3 is 6.09 Å². The van der Waals surface area contributed by atoms with E-state index in [0.717, 1.165) is 31.3 Å². The number of benzene rings is 1. The van der Waals surface area contributed by atoms with Crippen molar-refractivity contribution in [2.75, 3.05) is 32.8 Å². The molecule has 2 aliphatic heterocycles. The van der Waals surface area contributed by atoms with Gasteiger partial charge in [0.25, 0.3) is 0 Å². The minimum atomic E-state index is -0.127. The molecule has 1 unspecified atom stereocenters. The van der Waals surface area contributed by atoms with Crippen molar-refractivity contribution in [3.63, 3.8) is 0 Å². The largest absolute Gasteiger partial charge is 0.450 e. The van der Waals surface area contributed by atoms with Crippen LogP contribution in [0.3, 0.4) is 0 Å². The summed E-state index contributed by atoms with van der Waals surface area (Å²) in [5, 5.41) is 0. The molecule has 1 spiro atoms. The van der Waals surface area contributed by atoms with Crippen molar-refractivity contribution in [1.82, 2.24) is 9.80 Å². The molecule has 152 valence electrons. The highest BCUT2D eigenvalue weighted by Crippen LogP contribution is 2.55. The highest BCUT2D eigenvalue weighted by molar-refractivity contribution is 5.68. The van der Waals surface area contributed by atoms with Crippen molar-refractivity contribution in [3.8, 4) is 0 Å². The van der Waals surface area contributed by atoms with Gasteiger partial charge < -0.3 is 14.4 Å². The summed E-state index contributed by atoms with van der Waals surface area (Å²) in [6.07, 6.45) is 4.14. The maximum atomic E-state index is 12.0. The third kappa shape index (κ3) is 3.22. The standard InChI is InChI=1S/C23H32N2O3/c1-3-27-22(26)24-10-9-23(15-24)11-18(12-23)25-13-19-20(14-25)21(19)28-16(2)17-7-5-4-6-8-17/h4-8,16,18-21H,3,9-15H2,1-2H3/t16?,18?,19-,20+,21+,23?. The van der Waals surface area contributed by atoms with Gasteiger partial charge in [0.05, 0.1) is 18.8 Å². The number of piperidine rings is 1. The first kappa shape index (κ1) is 18.4. The molecule has 5 rings (SSSR count). The lowest BCUT2D eigenvalue weighted by molar-refractivity contribution is -0.0137. The Morgan fingerprint density at radius 1 is 1.21 bits per heavy atom. The van der Waals surface area contributed by atoms with E-state index < -0.39 is 0 Å². The maximum absolute atomic E-state index is 12.0. The molecule has 0 radical (unpaired) electrons. The Kier molecular flexibility index (Phi) is 4.63. The fraction of sp³-hybridized carbons (Fsp3) is 0.696. The van der Waals surface area contributed by atoms with Crippen LogP contribution in [0, 0.1) is 17.3 Å². The van der Waals surface area contributed by atoms with Crippen LogP contribution < -0.4 is 0 Å². The topological polar surface area (TPSA) is 42.0 Å². The maximum Gasteiger partial charge on any atom is 0.409 e. The highest BCUT2D eigenvalue weighted by Gasteiger charge is 2.61. The second-order valence-corrected chi connectivity index (χ2v) is 9.37. The zero-order valence-corrected chi connectivity index (χ0v) is 17.0. The molecule has 0 bridgehead atoms. The van der Waals surface area contributed by atoms with E-state index in [1.807, 2.05) is 11.8 Å². The van der Waals surface area contributed by atoms with Gasteiger partial charge in [0.15, 0.2) is 0 Å². The zero-order chi connectivity index (χ0) is 19.3. The van der Waals surface area contributed by atoms with Gasteiger partial charge in [-0.2, -0.15) is 0 Å². The zero-order valence-electron chi connectivity index (χ0n) is 17.0. The van der Waals surface area contributed by atoms with Crippen LogP contribution >= 0.6 is 0 Å². The van der Waals surface area contributed by atoms with E-state index >= 15 is 0 Å². The summed E-state index contributed by atoms with van der Waals surface area (Å²) in [7, 11) is 0. The summed E-state index contributed by atoms with van der Waals surface area (Å²) in [4.78, 5) is 16.6.